The first-order valence-electron chi connectivity index (χ1n) is 5.60. The molecule has 0 aliphatic heterocycles. The number of amides is 2. The minimum atomic E-state index is -0.540. The van der Waals surface area contributed by atoms with Crippen molar-refractivity contribution in [2.45, 2.75) is 19.4 Å². The molecule has 0 saturated carbocycles. The number of rotatable bonds is 6. The zero-order valence-electron chi connectivity index (χ0n) is 10.2. The molecule has 0 aliphatic rings. The second kappa shape index (κ2) is 6.61. The third-order valence-corrected chi connectivity index (χ3v) is 2.28. The Labute approximate surface area is 105 Å². The van der Waals surface area contributed by atoms with Crippen molar-refractivity contribution < 1.29 is 14.3 Å². The predicted octanol–water partition coefficient (Wildman–Crippen LogP) is 0.227. The first kappa shape index (κ1) is 14.0. The van der Waals surface area contributed by atoms with E-state index in [0.717, 1.165) is 0 Å². The molecule has 5 N–H and O–H groups in total. The Bertz CT molecular complexity index is 417. The molecule has 0 aromatic heterocycles. The largest absolute Gasteiger partial charge is 0.484 e. The van der Waals surface area contributed by atoms with Gasteiger partial charge in [0, 0.05) is 5.69 Å². The lowest BCUT2D eigenvalue weighted by molar-refractivity contribution is -0.120. The average Bonchev–Trinajstić information content (AvgIpc) is 2.36. The van der Waals surface area contributed by atoms with Crippen molar-refractivity contribution in [3.8, 4) is 5.75 Å². The van der Waals surface area contributed by atoms with Crippen molar-refractivity contribution in [2.24, 2.45) is 11.5 Å². The smallest absolute Gasteiger partial charge is 0.255 e. The highest BCUT2D eigenvalue weighted by Gasteiger charge is 2.10. The van der Waals surface area contributed by atoms with Crippen molar-refractivity contribution in [3.63, 3.8) is 0 Å². The van der Waals surface area contributed by atoms with Gasteiger partial charge in [-0.1, -0.05) is 6.92 Å². The number of carbonyl (C=O) groups is 2. The number of carbonyl (C=O) groups excluding carboxylic acids is 2. The van der Waals surface area contributed by atoms with Crippen molar-refractivity contribution in [1.29, 1.82) is 0 Å². The zero-order valence-corrected chi connectivity index (χ0v) is 10.2. The molecule has 1 aromatic carbocycles. The van der Waals surface area contributed by atoms with Gasteiger partial charge in [0.1, 0.15) is 5.75 Å². The van der Waals surface area contributed by atoms with E-state index in [4.69, 9.17) is 16.2 Å². The number of ether oxygens (including phenoxy) is 1. The topological polar surface area (TPSA) is 107 Å². The van der Waals surface area contributed by atoms with Crippen LogP contribution < -0.4 is 21.5 Å². The van der Waals surface area contributed by atoms with E-state index < -0.39 is 11.9 Å². The maximum Gasteiger partial charge on any atom is 0.255 e. The lowest BCUT2D eigenvalue weighted by atomic mass is 10.2. The summed E-state index contributed by atoms with van der Waals surface area (Å²) in [5.74, 6) is -0.267. The number of anilines is 1. The summed E-state index contributed by atoms with van der Waals surface area (Å²) in [6.07, 6.45) is 0.575. The van der Waals surface area contributed by atoms with Gasteiger partial charge in [-0.15, -0.1) is 0 Å². The molecule has 2 amide bonds. The molecule has 0 radical (unpaired) electrons. The molecule has 0 spiro atoms. The Morgan fingerprint density at radius 3 is 2.44 bits per heavy atom. The summed E-state index contributed by atoms with van der Waals surface area (Å²) in [5.41, 5.74) is 11.2. The molecular formula is C12H17N3O3. The standard InChI is InChI=1S/C12H17N3O3/c1-2-10(13)12(17)15-8-3-5-9(6-4-8)18-7-11(14)16/h3-6,10H,2,7,13H2,1H3,(H2,14,16)(H,15,17)/t10-/m0/s1. The van der Waals surface area contributed by atoms with Crippen LogP contribution in [0.4, 0.5) is 5.69 Å². The summed E-state index contributed by atoms with van der Waals surface area (Å²) in [7, 11) is 0. The molecule has 98 valence electrons. The molecule has 0 heterocycles. The minimum absolute atomic E-state index is 0.174. The monoisotopic (exact) mass is 251 g/mol. The Kier molecular flexibility index (Phi) is 5.13. The Morgan fingerprint density at radius 1 is 1.33 bits per heavy atom. The molecule has 6 heteroatoms. The van der Waals surface area contributed by atoms with Gasteiger partial charge in [0.2, 0.25) is 5.91 Å². The van der Waals surface area contributed by atoms with Crippen LogP contribution >= 0.6 is 0 Å². The highest BCUT2D eigenvalue weighted by molar-refractivity contribution is 5.94. The SMILES string of the molecule is CC[C@H](N)C(=O)Nc1ccc(OCC(N)=O)cc1. The van der Waals surface area contributed by atoms with Gasteiger partial charge in [0.15, 0.2) is 6.61 Å². The van der Waals surface area contributed by atoms with E-state index in [0.29, 0.717) is 17.9 Å². The van der Waals surface area contributed by atoms with Crippen LogP contribution in [0.2, 0.25) is 0 Å². The first-order valence-corrected chi connectivity index (χ1v) is 5.60. The third kappa shape index (κ3) is 4.42. The fourth-order valence-electron chi connectivity index (χ4n) is 1.21. The summed E-state index contributed by atoms with van der Waals surface area (Å²) in [5, 5.41) is 2.67. The second-order valence-corrected chi connectivity index (χ2v) is 3.78. The van der Waals surface area contributed by atoms with Gasteiger partial charge < -0.3 is 21.5 Å². The number of primary amides is 1. The highest BCUT2D eigenvalue weighted by atomic mass is 16.5. The van der Waals surface area contributed by atoms with Gasteiger partial charge in [-0.3, -0.25) is 9.59 Å². The molecule has 0 unspecified atom stereocenters. The summed E-state index contributed by atoms with van der Waals surface area (Å²) < 4.78 is 5.08. The summed E-state index contributed by atoms with van der Waals surface area (Å²) >= 11 is 0. The molecule has 1 rings (SSSR count). The molecule has 0 fully saturated rings. The molecule has 0 aliphatic carbocycles. The van der Waals surface area contributed by atoms with Crippen LogP contribution in [-0.2, 0) is 9.59 Å². The number of nitrogens with two attached hydrogens (primary N) is 2. The molecule has 6 nitrogen and oxygen atoms in total. The molecule has 1 atom stereocenters. The Hall–Kier alpha value is -2.08. The van der Waals surface area contributed by atoms with Crippen molar-refractivity contribution in [1.82, 2.24) is 0 Å². The normalized spacial score (nSPS) is 11.7. The van der Waals surface area contributed by atoms with Crippen LogP contribution in [-0.4, -0.2) is 24.5 Å². The van der Waals surface area contributed by atoms with Crippen LogP contribution in [0.1, 0.15) is 13.3 Å². The van der Waals surface area contributed by atoms with Crippen LogP contribution in [0, 0.1) is 0 Å². The Balaban J connectivity index is 2.55. The maximum absolute atomic E-state index is 11.5. The van der Waals surface area contributed by atoms with Crippen molar-refractivity contribution >= 4 is 17.5 Å². The summed E-state index contributed by atoms with van der Waals surface area (Å²) in [4.78, 5) is 22.0. The lowest BCUT2D eigenvalue weighted by Gasteiger charge is -2.10. The van der Waals surface area contributed by atoms with Gasteiger partial charge in [-0.05, 0) is 30.7 Å². The number of nitrogens with one attached hydrogen (secondary N) is 1. The number of hydrogen-bond acceptors (Lipinski definition) is 4. The fraction of sp³-hybridized carbons (Fsp3) is 0.333. The van der Waals surface area contributed by atoms with E-state index in [1.54, 1.807) is 24.3 Å². The summed E-state index contributed by atoms with van der Waals surface area (Å²) in [6.45, 7) is 1.66. The molecule has 0 saturated heterocycles. The van der Waals surface area contributed by atoms with Gasteiger partial charge >= 0.3 is 0 Å². The third-order valence-electron chi connectivity index (χ3n) is 2.28. The highest BCUT2D eigenvalue weighted by Crippen LogP contribution is 2.15. The quantitative estimate of drug-likeness (QED) is 0.672. The van der Waals surface area contributed by atoms with Crippen LogP contribution in [0.25, 0.3) is 0 Å². The van der Waals surface area contributed by atoms with Gasteiger partial charge in [0.05, 0.1) is 6.04 Å². The van der Waals surface area contributed by atoms with E-state index in [1.165, 1.54) is 0 Å². The van der Waals surface area contributed by atoms with Crippen LogP contribution in [0.3, 0.4) is 0 Å². The predicted molar refractivity (Wildman–Crippen MR) is 68.0 cm³/mol. The second-order valence-electron chi connectivity index (χ2n) is 3.78. The van der Waals surface area contributed by atoms with Gasteiger partial charge in [-0.2, -0.15) is 0 Å². The maximum atomic E-state index is 11.5. The van der Waals surface area contributed by atoms with Gasteiger partial charge in [0.25, 0.3) is 5.91 Å². The number of benzene rings is 1. The molecule has 0 bridgehead atoms. The van der Waals surface area contributed by atoms with E-state index in [9.17, 15) is 9.59 Å². The van der Waals surface area contributed by atoms with E-state index in [2.05, 4.69) is 5.32 Å². The van der Waals surface area contributed by atoms with E-state index in [1.807, 2.05) is 6.92 Å². The minimum Gasteiger partial charge on any atom is -0.484 e. The van der Waals surface area contributed by atoms with Crippen molar-refractivity contribution in [3.05, 3.63) is 24.3 Å². The van der Waals surface area contributed by atoms with Crippen molar-refractivity contribution in [2.75, 3.05) is 11.9 Å². The zero-order chi connectivity index (χ0) is 13.5. The Morgan fingerprint density at radius 2 is 1.94 bits per heavy atom. The average molecular weight is 251 g/mol. The number of hydrogen-bond donors (Lipinski definition) is 3. The van der Waals surface area contributed by atoms with Crippen LogP contribution in [0.5, 0.6) is 5.75 Å². The van der Waals surface area contributed by atoms with Gasteiger partial charge in [-0.25, -0.2) is 0 Å². The molecule has 18 heavy (non-hydrogen) atoms. The lowest BCUT2D eigenvalue weighted by Crippen LogP contribution is -2.34. The summed E-state index contributed by atoms with van der Waals surface area (Å²) in [6, 6.07) is 6.08. The van der Waals surface area contributed by atoms with E-state index >= 15 is 0 Å². The molecular weight excluding hydrogens is 234 g/mol. The fourth-order valence-corrected chi connectivity index (χ4v) is 1.21. The van der Waals surface area contributed by atoms with Crippen LogP contribution in [0.15, 0.2) is 24.3 Å². The first-order chi connectivity index (χ1) is 8.52. The van der Waals surface area contributed by atoms with E-state index in [-0.39, 0.29) is 12.5 Å². The molecule has 1 aromatic rings.